The molecule has 0 aliphatic heterocycles. The van der Waals surface area contributed by atoms with Gasteiger partial charge in [-0.15, -0.1) is 0 Å². The van der Waals surface area contributed by atoms with E-state index in [1.807, 2.05) is 19.2 Å². The van der Waals surface area contributed by atoms with Crippen molar-refractivity contribution in [2.24, 2.45) is 0 Å². The van der Waals surface area contributed by atoms with Crippen LogP contribution in [0.4, 0.5) is 0 Å². The van der Waals surface area contributed by atoms with E-state index < -0.39 is 0 Å². The number of benzene rings is 1. The Labute approximate surface area is 107 Å². The van der Waals surface area contributed by atoms with E-state index >= 15 is 0 Å². The highest BCUT2D eigenvalue weighted by molar-refractivity contribution is 9.10. The predicted molar refractivity (Wildman–Crippen MR) is 71.9 cm³/mol. The maximum atomic E-state index is 5.85. The van der Waals surface area contributed by atoms with Crippen LogP contribution in [0.5, 0.6) is 5.75 Å². The van der Waals surface area contributed by atoms with Crippen LogP contribution in [0.15, 0.2) is 22.7 Å². The predicted octanol–water partition coefficient (Wildman–Crippen LogP) is 3.74. The molecule has 1 aromatic carbocycles. The number of hydrogen-bond donors (Lipinski definition) is 1. The molecule has 0 saturated carbocycles. The molecule has 0 amide bonds. The van der Waals surface area contributed by atoms with Gasteiger partial charge < -0.3 is 10.1 Å². The second-order valence-electron chi connectivity index (χ2n) is 4.00. The van der Waals surface area contributed by atoms with Crippen molar-refractivity contribution in [2.45, 2.75) is 39.3 Å². The molecule has 0 fully saturated rings. The molecule has 0 aromatic heterocycles. The Kier molecular flexibility index (Phi) is 5.85. The molecular weight excluding hydrogens is 266 g/mol. The van der Waals surface area contributed by atoms with Gasteiger partial charge in [0.15, 0.2) is 0 Å². The van der Waals surface area contributed by atoms with Crippen molar-refractivity contribution in [3.63, 3.8) is 0 Å². The Morgan fingerprint density at radius 2 is 2.19 bits per heavy atom. The molecule has 0 radical (unpaired) electrons. The highest BCUT2D eigenvalue weighted by Crippen LogP contribution is 2.23. The molecule has 0 aliphatic rings. The first-order valence-corrected chi connectivity index (χ1v) is 6.56. The molecule has 16 heavy (non-hydrogen) atoms. The van der Waals surface area contributed by atoms with Gasteiger partial charge in [-0.2, -0.15) is 0 Å². The molecule has 3 heteroatoms. The molecule has 0 aliphatic carbocycles. The Balaban J connectivity index is 2.70. The van der Waals surface area contributed by atoms with Gasteiger partial charge in [0.05, 0.1) is 6.10 Å². The van der Waals surface area contributed by atoms with Crippen molar-refractivity contribution < 1.29 is 4.74 Å². The summed E-state index contributed by atoms with van der Waals surface area (Å²) < 4.78 is 6.97. The summed E-state index contributed by atoms with van der Waals surface area (Å²) in [7, 11) is 1.94. The molecule has 1 rings (SSSR count). The molecule has 1 unspecified atom stereocenters. The molecule has 1 aromatic rings. The summed E-state index contributed by atoms with van der Waals surface area (Å²) in [5.74, 6) is 0.953. The van der Waals surface area contributed by atoms with Crippen LogP contribution in [0.1, 0.15) is 32.3 Å². The fourth-order valence-corrected chi connectivity index (χ4v) is 2.03. The fourth-order valence-electron chi connectivity index (χ4n) is 1.65. The minimum atomic E-state index is 0.286. The van der Waals surface area contributed by atoms with E-state index in [4.69, 9.17) is 4.74 Å². The first-order valence-electron chi connectivity index (χ1n) is 5.77. The summed E-state index contributed by atoms with van der Waals surface area (Å²) in [6, 6.07) is 6.14. The number of ether oxygens (including phenoxy) is 1. The van der Waals surface area contributed by atoms with Crippen LogP contribution in [0, 0.1) is 0 Å². The third-order valence-electron chi connectivity index (χ3n) is 2.42. The van der Waals surface area contributed by atoms with E-state index in [0.717, 1.165) is 29.6 Å². The smallest absolute Gasteiger partial charge is 0.120 e. The molecule has 0 heterocycles. The second kappa shape index (κ2) is 6.92. The van der Waals surface area contributed by atoms with Gasteiger partial charge in [0.25, 0.3) is 0 Å². The van der Waals surface area contributed by atoms with Crippen LogP contribution in [0.25, 0.3) is 0 Å². The Bertz CT molecular complexity index is 328. The van der Waals surface area contributed by atoms with Crippen LogP contribution >= 0.6 is 15.9 Å². The second-order valence-corrected chi connectivity index (χ2v) is 4.86. The van der Waals surface area contributed by atoms with E-state index in [1.54, 1.807) is 0 Å². The molecule has 1 N–H and O–H groups in total. The Morgan fingerprint density at radius 3 is 2.81 bits per heavy atom. The van der Waals surface area contributed by atoms with E-state index in [-0.39, 0.29) is 6.10 Å². The Hall–Kier alpha value is -0.540. The van der Waals surface area contributed by atoms with Crippen LogP contribution < -0.4 is 10.1 Å². The van der Waals surface area contributed by atoms with E-state index in [1.165, 1.54) is 5.56 Å². The normalized spacial score (nSPS) is 12.5. The summed E-state index contributed by atoms with van der Waals surface area (Å²) >= 11 is 3.53. The third-order valence-corrected chi connectivity index (χ3v) is 3.19. The zero-order chi connectivity index (χ0) is 12.0. The van der Waals surface area contributed by atoms with E-state index in [0.29, 0.717) is 0 Å². The average Bonchev–Trinajstić information content (AvgIpc) is 2.24. The maximum absolute atomic E-state index is 5.85. The quantitative estimate of drug-likeness (QED) is 0.860. The van der Waals surface area contributed by atoms with Gasteiger partial charge in [-0.05, 0) is 44.2 Å². The van der Waals surface area contributed by atoms with Gasteiger partial charge in [0, 0.05) is 11.0 Å². The fraction of sp³-hybridized carbons (Fsp3) is 0.538. The van der Waals surface area contributed by atoms with Crippen molar-refractivity contribution >= 4 is 15.9 Å². The summed E-state index contributed by atoms with van der Waals surface area (Å²) in [5, 5.41) is 3.14. The van der Waals surface area contributed by atoms with Gasteiger partial charge in [-0.25, -0.2) is 0 Å². The number of nitrogens with one attached hydrogen (secondary N) is 1. The highest BCUT2D eigenvalue weighted by atomic mass is 79.9. The van der Waals surface area contributed by atoms with Gasteiger partial charge in [-0.1, -0.05) is 29.3 Å². The van der Waals surface area contributed by atoms with Crippen molar-refractivity contribution in [2.75, 3.05) is 7.05 Å². The summed E-state index contributed by atoms with van der Waals surface area (Å²) in [4.78, 5) is 0. The number of rotatable bonds is 6. The molecule has 1 atom stereocenters. The summed E-state index contributed by atoms with van der Waals surface area (Å²) in [6.45, 7) is 5.14. The lowest BCUT2D eigenvalue weighted by Gasteiger charge is -2.15. The van der Waals surface area contributed by atoms with E-state index in [9.17, 15) is 0 Å². The van der Waals surface area contributed by atoms with Crippen LogP contribution in [-0.4, -0.2) is 13.2 Å². The van der Waals surface area contributed by atoms with Crippen LogP contribution in [-0.2, 0) is 6.54 Å². The van der Waals surface area contributed by atoms with Crippen molar-refractivity contribution in [3.8, 4) is 5.75 Å². The first kappa shape index (κ1) is 13.5. The summed E-state index contributed by atoms with van der Waals surface area (Å²) in [5.41, 5.74) is 1.23. The Morgan fingerprint density at radius 1 is 1.44 bits per heavy atom. The zero-order valence-electron chi connectivity index (χ0n) is 10.2. The van der Waals surface area contributed by atoms with Gasteiger partial charge in [-0.3, -0.25) is 0 Å². The molecule has 90 valence electrons. The van der Waals surface area contributed by atoms with Crippen molar-refractivity contribution in [1.29, 1.82) is 0 Å². The SMILES string of the molecule is CCCC(C)Oc1ccc(Br)c(CNC)c1. The van der Waals surface area contributed by atoms with Crippen LogP contribution in [0.3, 0.4) is 0 Å². The number of halogens is 1. The third kappa shape index (κ3) is 4.14. The molecule has 0 bridgehead atoms. The minimum absolute atomic E-state index is 0.286. The standard InChI is InChI=1S/C13H20BrNO/c1-4-5-10(2)16-12-6-7-13(14)11(8-12)9-15-3/h6-8,10,15H,4-5,9H2,1-3H3. The largest absolute Gasteiger partial charge is 0.491 e. The lowest BCUT2D eigenvalue weighted by Crippen LogP contribution is -2.12. The lowest BCUT2D eigenvalue weighted by molar-refractivity contribution is 0.209. The molecule has 2 nitrogen and oxygen atoms in total. The van der Waals surface area contributed by atoms with Crippen LogP contribution in [0.2, 0.25) is 0 Å². The maximum Gasteiger partial charge on any atom is 0.120 e. The first-order chi connectivity index (χ1) is 7.67. The monoisotopic (exact) mass is 285 g/mol. The minimum Gasteiger partial charge on any atom is -0.491 e. The molecule has 0 saturated heterocycles. The topological polar surface area (TPSA) is 21.3 Å². The average molecular weight is 286 g/mol. The highest BCUT2D eigenvalue weighted by Gasteiger charge is 2.05. The van der Waals surface area contributed by atoms with Crippen molar-refractivity contribution in [1.82, 2.24) is 5.32 Å². The molecular formula is C13H20BrNO. The number of hydrogen-bond acceptors (Lipinski definition) is 2. The van der Waals surface area contributed by atoms with Gasteiger partial charge >= 0.3 is 0 Å². The van der Waals surface area contributed by atoms with Gasteiger partial charge in [0.2, 0.25) is 0 Å². The van der Waals surface area contributed by atoms with E-state index in [2.05, 4.69) is 41.2 Å². The lowest BCUT2D eigenvalue weighted by atomic mass is 10.2. The summed E-state index contributed by atoms with van der Waals surface area (Å²) in [6.07, 6.45) is 2.53. The van der Waals surface area contributed by atoms with Crippen molar-refractivity contribution in [3.05, 3.63) is 28.2 Å². The van der Waals surface area contributed by atoms with Gasteiger partial charge in [0.1, 0.15) is 5.75 Å². The zero-order valence-corrected chi connectivity index (χ0v) is 11.8. The molecule has 0 spiro atoms.